The largest absolute Gasteiger partial charge is 0.390 e. The number of nitrogens with zero attached hydrogens (tertiary/aromatic N) is 4. The molecule has 0 saturated carbocycles. The van der Waals surface area contributed by atoms with Crippen LogP contribution in [0.2, 0.25) is 0 Å². The van der Waals surface area contributed by atoms with Crippen LogP contribution < -0.4 is 11.3 Å². The lowest BCUT2D eigenvalue weighted by Gasteiger charge is -2.22. The summed E-state index contributed by atoms with van der Waals surface area (Å²) in [5.41, 5.74) is 1.69. The van der Waals surface area contributed by atoms with E-state index in [-0.39, 0.29) is 5.69 Å². The molecular formula is C12H22N6O2. The zero-order valence-electron chi connectivity index (χ0n) is 11.7. The van der Waals surface area contributed by atoms with Crippen molar-refractivity contribution in [2.45, 2.75) is 38.3 Å². The van der Waals surface area contributed by atoms with Gasteiger partial charge in [0.1, 0.15) is 0 Å². The van der Waals surface area contributed by atoms with Crippen LogP contribution in [0.25, 0.3) is 0 Å². The van der Waals surface area contributed by atoms with E-state index in [9.17, 15) is 9.90 Å². The van der Waals surface area contributed by atoms with Gasteiger partial charge < -0.3 is 10.0 Å². The van der Waals surface area contributed by atoms with E-state index in [1.54, 1.807) is 10.9 Å². The van der Waals surface area contributed by atoms with Crippen molar-refractivity contribution in [3.05, 3.63) is 11.9 Å². The highest BCUT2D eigenvalue weighted by atomic mass is 16.3. The van der Waals surface area contributed by atoms with E-state index in [1.807, 2.05) is 12.3 Å². The summed E-state index contributed by atoms with van der Waals surface area (Å²) < 4.78 is 1.63. The number of likely N-dealkylation sites (tertiary alicyclic amines) is 1. The standard InChI is InChI=1S/C12H22N6O2/c1-12(20)3-2-5-17(6-4-12)7-8-18-9-10(15-16-18)11(19)14-13/h9,20H,2-8,13H2,1H3,(H,14,19). The molecule has 8 nitrogen and oxygen atoms in total. The van der Waals surface area contributed by atoms with Crippen molar-refractivity contribution in [2.75, 3.05) is 19.6 Å². The molecule has 8 heteroatoms. The molecule has 0 aromatic carbocycles. The number of hydrogen-bond donors (Lipinski definition) is 3. The van der Waals surface area contributed by atoms with Crippen LogP contribution in [0.5, 0.6) is 0 Å². The molecule has 20 heavy (non-hydrogen) atoms. The minimum absolute atomic E-state index is 0.214. The Labute approximate surface area is 117 Å². The first-order valence-corrected chi connectivity index (χ1v) is 6.86. The second kappa shape index (κ2) is 6.29. The predicted octanol–water partition coefficient (Wildman–Crippen LogP) is -0.881. The summed E-state index contributed by atoms with van der Waals surface area (Å²) >= 11 is 0. The minimum Gasteiger partial charge on any atom is -0.390 e. The number of aliphatic hydroxyl groups is 1. The molecule has 2 heterocycles. The SMILES string of the molecule is CC1(O)CCCN(CCn2cc(C(=O)NN)nn2)CC1. The zero-order chi connectivity index (χ0) is 14.6. The first-order valence-electron chi connectivity index (χ1n) is 6.86. The summed E-state index contributed by atoms with van der Waals surface area (Å²) in [6.07, 6.45) is 4.19. The number of carbonyl (C=O) groups is 1. The van der Waals surface area contributed by atoms with E-state index in [2.05, 4.69) is 15.2 Å². The van der Waals surface area contributed by atoms with E-state index in [0.717, 1.165) is 38.9 Å². The minimum atomic E-state index is -0.547. The molecule has 1 saturated heterocycles. The van der Waals surface area contributed by atoms with Crippen molar-refractivity contribution in [3.8, 4) is 0 Å². The summed E-state index contributed by atoms with van der Waals surface area (Å²) in [5.74, 6) is 4.60. The Hall–Kier alpha value is -1.51. The number of aromatic nitrogens is 3. The Balaban J connectivity index is 1.83. The number of carbonyl (C=O) groups excluding carboxylic acids is 1. The fourth-order valence-corrected chi connectivity index (χ4v) is 2.37. The molecule has 0 bridgehead atoms. The zero-order valence-corrected chi connectivity index (χ0v) is 11.7. The number of hydrazine groups is 1. The van der Waals surface area contributed by atoms with E-state index < -0.39 is 11.5 Å². The molecule has 0 spiro atoms. The summed E-state index contributed by atoms with van der Waals surface area (Å²) in [4.78, 5) is 13.6. The van der Waals surface area contributed by atoms with Gasteiger partial charge in [-0.2, -0.15) is 0 Å². The third-order valence-electron chi connectivity index (χ3n) is 3.70. The first-order chi connectivity index (χ1) is 9.50. The number of amides is 1. The Kier molecular flexibility index (Phi) is 4.69. The fourth-order valence-electron chi connectivity index (χ4n) is 2.37. The van der Waals surface area contributed by atoms with Gasteiger partial charge in [0.25, 0.3) is 5.91 Å². The molecular weight excluding hydrogens is 260 g/mol. The first kappa shape index (κ1) is 14.9. The maximum Gasteiger partial charge on any atom is 0.287 e. The van der Waals surface area contributed by atoms with Crippen LogP contribution in [0.4, 0.5) is 0 Å². The van der Waals surface area contributed by atoms with Crippen molar-refractivity contribution in [1.82, 2.24) is 25.3 Å². The second-order valence-electron chi connectivity index (χ2n) is 5.53. The third kappa shape index (κ3) is 3.99. The topological polar surface area (TPSA) is 109 Å². The summed E-state index contributed by atoms with van der Waals surface area (Å²) in [5, 5.41) is 17.7. The fraction of sp³-hybridized carbons (Fsp3) is 0.750. The van der Waals surface area contributed by atoms with Crippen LogP contribution in [0.3, 0.4) is 0 Å². The number of nitrogens with one attached hydrogen (secondary N) is 1. The number of hydrogen-bond acceptors (Lipinski definition) is 6. The van der Waals surface area contributed by atoms with Crippen LogP contribution in [0.15, 0.2) is 6.20 Å². The maximum atomic E-state index is 11.3. The van der Waals surface area contributed by atoms with Crippen LogP contribution in [-0.4, -0.2) is 56.1 Å². The van der Waals surface area contributed by atoms with Crippen molar-refractivity contribution in [1.29, 1.82) is 0 Å². The molecule has 1 aromatic rings. The number of rotatable bonds is 4. The lowest BCUT2D eigenvalue weighted by atomic mass is 9.98. The molecule has 0 radical (unpaired) electrons. The van der Waals surface area contributed by atoms with E-state index in [1.165, 1.54) is 0 Å². The van der Waals surface area contributed by atoms with E-state index in [0.29, 0.717) is 6.54 Å². The molecule has 1 aliphatic heterocycles. The molecule has 1 amide bonds. The molecule has 4 N–H and O–H groups in total. The van der Waals surface area contributed by atoms with Gasteiger partial charge in [0.05, 0.1) is 18.3 Å². The smallest absolute Gasteiger partial charge is 0.287 e. The van der Waals surface area contributed by atoms with Gasteiger partial charge in [-0.25, -0.2) is 5.84 Å². The van der Waals surface area contributed by atoms with Crippen molar-refractivity contribution < 1.29 is 9.90 Å². The van der Waals surface area contributed by atoms with Gasteiger partial charge >= 0.3 is 0 Å². The summed E-state index contributed by atoms with van der Waals surface area (Å²) in [6, 6.07) is 0. The van der Waals surface area contributed by atoms with Crippen LogP contribution in [-0.2, 0) is 6.54 Å². The van der Waals surface area contributed by atoms with Crippen LogP contribution in [0.1, 0.15) is 36.7 Å². The Morgan fingerprint density at radius 2 is 2.30 bits per heavy atom. The lowest BCUT2D eigenvalue weighted by molar-refractivity contribution is 0.0445. The van der Waals surface area contributed by atoms with Gasteiger partial charge in [-0.05, 0) is 32.7 Å². The van der Waals surface area contributed by atoms with Gasteiger partial charge in [-0.15, -0.1) is 5.10 Å². The Morgan fingerprint density at radius 1 is 1.50 bits per heavy atom. The van der Waals surface area contributed by atoms with E-state index in [4.69, 9.17) is 5.84 Å². The van der Waals surface area contributed by atoms with E-state index >= 15 is 0 Å². The quantitative estimate of drug-likeness (QED) is 0.376. The third-order valence-corrected chi connectivity index (χ3v) is 3.70. The van der Waals surface area contributed by atoms with Gasteiger partial charge in [0.15, 0.2) is 5.69 Å². The molecule has 1 aromatic heterocycles. The van der Waals surface area contributed by atoms with Crippen molar-refractivity contribution in [2.24, 2.45) is 5.84 Å². The normalized spacial score (nSPS) is 24.4. The monoisotopic (exact) mass is 282 g/mol. The summed E-state index contributed by atoms with van der Waals surface area (Å²) in [7, 11) is 0. The highest BCUT2D eigenvalue weighted by Gasteiger charge is 2.24. The maximum absolute atomic E-state index is 11.3. The summed E-state index contributed by atoms with van der Waals surface area (Å²) in [6.45, 7) is 5.22. The van der Waals surface area contributed by atoms with Gasteiger partial charge in [0, 0.05) is 13.1 Å². The van der Waals surface area contributed by atoms with Crippen LogP contribution >= 0.6 is 0 Å². The molecule has 1 aliphatic rings. The molecule has 1 unspecified atom stereocenters. The second-order valence-corrected chi connectivity index (χ2v) is 5.53. The molecule has 2 rings (SSSR count). The molecule has 1 fully saturated rings. The highest BCUT2D eigenvalue weighted by Crippen LogP contribution is 2.21. The Morgan fingerprint density at radius 3 is 3.05 bits per heavy atom. The number of nitrogen functional groups attached to an aromatic ring is 1. The molecule has 112 valence electrons. The van der Waals surface area contributed by atoms with Gasteiger partial charge in [-0.3, -0.25) is 14.9 Å². The molecule has 1 atom stereocenters. The molecule has 0 aliphatic carbocycles. The Bertz CT molecular complexity index is 459. The average Bonchev–Trinajstić information content (AvgIpc) is 2.82. The number of nitrogens with two attached hydrogens (primary N) is 1. The van der Waals surface area contributed by atoms with Gasteiger partial charge in [0.2, 0.25) is 0 Å². The highest BCUT2D eigenvalue weighted by molar-refractivity contribution is 5.91. The van der Waals surface area contributed by atoms with Crippen molar-refractivity contribution >= 4 is 5.91 Å². The average molecular weight is 282 g/mol. The predicted molar refractivity (Wildman–Crippen MR) is 72.6 cm³/mol. The van der Waals surface area contributed by atoms with Crippen molar-refractivity contribution in [3.63, 3.8) is 0 Å². The lowest BCUT2D eigenvalue weighted by Crippen LogP contribution is -2.31. The van der Waals surface area contributed by atoms with Crippen LogP contribution in [0, 0.1) is 0 Å². The van der Waals surface area contributed by atoms with Gasteiger partial charge in [-0.1, -0.05) is 5.21 Å².